The molecular formula is C14H12BrNO3. The number of ether oxygens (including phenoxy) is 1. The number of halogens is 1. The van der Waals surface area contributed by atoms with Crippen molar-refractivity contribution < 1.29 is 14.6 Å². The minimum absolute atomic E-state index is 0.0776. The number of para-hydroxylation sites is 1. The van der Waals surface area contributed by atoms with E-state index in [2.05, 4.69) is 20.9 Å². The summed E-state index contributed by atoms with van der Waals surface area (Å²) in [5.41, 5.74) is 1.50. The Kier molecular flexibility index (Phi) is 4.16. The van der Waals surface area contributed by atoms with Gasteiger partial charge in [-0.25, -0.2) is 4.98 Å². The van der Waals surface area contributed by atoms with E-state index in [9.17, 15) is 4.79 Å². The summed E-state index contributed by atoms with van der Waals surface area (Å²) in [4.78, 5) is 15.0. The first-order valence-corrected chi connectivity index (χ1v) is 6.45. The number of benzene rings is 1. The van der Waals surface area contributed by atoms with E-state index in [4.69, 9.17) is 9.84 Å². The van der Waals surface area contributed by atoms with Crippen molar-refractivity contribution in [3.05, 3.63) is 52.1 Å². The third-order valence-electron chi connectivity index (χ3n) is 2.52. The van der Waals surface area contributed by atoms with Crippen LogP contribution in [0.1, 0.15) is 11.1 Å². The van der Waals surface area contributed by atoms with Crippen molar-refractivity contribution in [2.75, 3.05) is 0 Å². The number of aliphatic carboxylic acids is 1. The molecule has 0 bridgehead atoms. The minimum atomic E-state index is -0.892. The van der Waals surface area contributed by atoms with Crippen LogP contribution < -0.4 is 4.74 Å². The number of hydrogen-bond donors (Lipinski definition) is 1. The Morgan fingerprint density at radius 3 is 2.84 bits per heavy atom. The van der Waals surface area contributed by atoms with Crippen LogP contribution in [0.15, 0.2) is 41.0 Å². The highest BCUT2D eigenvalue weighted by Crippen LogP contribution is 2.27. The summed E-state index contributed by atoms with van der Waals surface area (Å²) in [5, 5.41) is 8.87. The van der Waals surface area contributed by atoms with Crippen LogP contribution in [0.5, 0.6) is 11.6 Å². The molecule has 0 fully saturated rings. The van der Waals surface area contributed by atoms with Crippen LogP contribution in [0, 0.1) is 6.92 Å². The van der Waals surface area contributed by atoms with Gasteiger partial charge in [-0.2, -0.15) is 0 Å². The van der Waals surface area contributed by atoms with Crippen LogP contribution in [0.4, 0.5) is 0 Å². The fourth-order valence-electron chi connectivity index (χ4n) is 1.65. The number of rotatable bonds is 4. The second-order valence-electron chi connectivity index (χ2n) is 4.06. The van der Waals surface area contributed by atoms with Gasteiger partial charge in [-0.05, 0) is 35.0 Å². The van der Waals surface area contributed by atoms with Crippen LogP contribution in [-0.2, 0) is 11.2 Å². The summed E-state index contributed by atoms with van der Waals surface area (Å²) >= 11 is 3.33. The Balaban J connectivity index is 2.30. The summed E-state index contributed by atoms with van der Waals surface area (Å²) in [7, 11) is 0. The molecule has 4 nitrogen and oxygen atoms in total. The lowest BCUT2D eigenvalue weighted by molar-refractivity contribution is -0.136. The highest BCUT2D eigenvalue weighted by atomic mass is 79.9. The molecule has 0 atom stereocenters. The number of aromatic nitrogens is 1. The van der Waals surface area contributed by atoms with Crippen LogP contribution in [-0.4, -0.2) is 16.1 Å². The molecule has 98 valence electrons. The van der Waals surface area contributed by atoms with Crippen molar-refractivity contribution in [3.8, 4) is 11.6 Å². The number of aryl methyl sites for hydroxylation is 1. The zero-order valence-corrected chi connectivity index (χ0v) is 11.8. The van der Waals surface area contributed by atoms with Crippen molar-refractivity contribution in [2.24, 2.45) is 0 Å². The predicted molar refractivity (Wildman–Crippen MR) is 74.5 cm³/mol. The molecule has 2 rings (SSSR count). The Hall–Kier alpha value is -1.88. The van der Waals surface area contributed by atoms with E-state index in [0.717, 1.165) is 10.0 Å². The molecule has 5 heteroatoms. The van der Waals surface area contributed by atoms with Crippen molar-refractivity contribution >= 4 is 21.9 Å². The lowest BCUT2D eigenvalue weighted by Gasteiger charge is -2.10. The first-order chi connectivity index (χ1) is 9.06. The van der Waals surface area contributed by atoms with E-state index in [1.165, 1.54) is 0 Å². The molecular weight excluding hydrogens is 310 g/mol. The first-order valence-electron chi connectivity index (χ1n) is 5.66. The lowest BCUT2D eigenvalue weighted by Crippen LogP contribution is -2.02. The van der Waals surface area contributed by atoms with Gasteiger partial charge >= 0.3 is 5.97 Å². The van der Waals surface area contributed by atoms with Crippen molar-refractivity contribution in [1.29, 1.82) is 0 Å². The normalized spacial score (nSPS) is 10.2. The molecule has 0 saturated carbocycles. The predicted octanol–water partition coefficient (Wildman–Crippen LogP) is 3.57. The van der Waals surface area contributed by atoms with E-state index in [1.807, 2.05) is 13.0 Å². The number of nitrogens with zero attached hydrogens (tertiary/aromatic N) is 1. The van der Waals surface area contributed by atoms with E-state index in [0.29, 0.717) is 17.2 Å². The van der Waals surface area contributed by atoms with E-state index >= 15 is 0 Å². The van der Waals surface area contributed by atoms with Gasteiger partial charge in [0.25, 0.3) is 0 Å². The molecule has 1 N–H and O–H groups in total. The Labute approximate surface area is 119 Å². The molecule has 0 unspecified atom stereocenters. The maximum atomic E-state index is 10.8. The zero-order valence-electron chi connectivity index (χ0n) is 10.3. The average molecular weight is 322 g/mol. The smallest absolute Gasteiger partial charge is 0.307 e. The van der Waals surface area contributed by atoms with E-state index < -0.39 is 5.97 Å². The fraction of sp³-hybridized carbons (Fsp3) is 0.143. The van der Waals surface area contributed by atoms with Gasteiger partial charge in [0.05, 0.1) is 6.42 Å². The molecule has 0 aliphatic heterocycles. The van der Waals surface area contributed by atoms with E-state index in [-0.39, 0.29) is 6.42 Å². The second kappa shape index (κ2) is 5.84. The fourth-order valence-corrected chi connectivity index (χ4v) is 2.10. The molecule has 0 amide bonds. The number of hydrogen-bond acceptors (Lipinski definition) is 3. The maximum Gasteiger partial charge on any atom is 0.307 e. The standard InChI is InChI=1S/C14H12BrNO3/c1-9-6-11(15)8-16-14(9)19-12-5-3-2-4-10(12)7-13(17)18/h2-6,8H,7H2,1H3,(H,17,18). The SMILES string of the molecule is Cc1cc(Br)cnc1Oc1ccccc1CC(=O)O. The first kappa shape index (κ1) is 13.5. The van der Waals surface area contributed by atoms with Gasteiger partial charge in [0.2, 0.25) is 5.88 Å². The summed E-state index contributed by atoms with van der Waals surface area (Å²) < 4.78 is 6.57. The van der Waals surface area contributed by atoms with Crippen molar-refractivity contribution in [3.63, 3.8) is 0 Å². The van der Waals surface area contributed by atoms with Gasteiger partial charge in [0.15, 0.2) is 0 Å². The van der Waals surface area contributed by atoms with Crippen molar-refractivity contribution in [2.45, 2.75) is 13.3 Å². The number of carboxylic acids is 1. The molecule has 0 aliphatic rings. The van der Waals surface area contributed by atoms with Crippen molar-refractivity contribution in [1.82, 2.24) is 4.98 Å². The number of pyridine rings is 1. The average Bonchev–Trinajstić information content (AvgIpc) is 2.34. The Morgan fingerprint density at radius 1 is 1.42 bits per heavy atom. The van der Waals surface area contributed by atoms with Gasteiger partial charge in [0.1, 0.15) is 5.75 Å². The Bertz CT molecular complexity index is 613. The largest absolute Gasteiger partial charge is 0.481 e. The van der Waals surface area contributed by atoms with Gasteiger partial charge in [-0.1, -0.05) is 18.2 Å². The van der Waals surface area contributed by atoms with Gasteiger partial charge in [-0.3, -0.25) is 4.79 Å². The molecule has 2 aromatic rings. The van der Waals surface area contributed by atoms with Crippen LogP contribution in [0.25, 0.3) is 0 Å². The number of carbonyl (C=O) groups is 1. The van der Waals surface area contributed by atoms with Crippen LogP contribution in [0.3, 0.4) is 0 Å². The van der Waals surface area contributed by atoms with Gasteiger partial charge in [-0.15, -0.1) is 0 Å². The quantitative estimate of drug-likeness (QED) is 0.935. The summed E-state index contributed by atoms with van der Waals surface area (Å²) in [6.07, 6.45) is 1.56. The van der Waals surface area contributed by atoms with Crippen LogP contribution >= 0.6 is 15.9 Å². The summed E-state index contributed by atoms with van der Waals surface area (Å²) in [6.45, 7) is 1.88. The minimum Gasteiger partial charge on any atom is -0.481 e. The zero-order chi connectivity index (χ0) is 13.8. The molecule has 19 heavy (non-hydrogen) atoms. The lowest BCUT2D eigenvalue weighted by atomic mass is 10.1. The third-order valence-corrected chi connectivity index (χ3v) is 2.95. The monoisotopic (exact) mass is 321 g/mol. The third kappa shape index (κ3) is 3.54. The van der Waals surface area contributed by atoms with E-state index in [1.54, 1.807) is 30.5 Å². The molecule has 1 heterocycles. The second-order valence-corrected chi connectivity index (χ2v) is 4.97. The molecule has 0 aliphatic carbocycles. The summed E-state index contributed by atoms with van der Waals surface area (Å²) in [5.74, 6) is 0.0976. The molecule has 1 aromatic carbocycles. The summed E-state index contributed by atoms with van der Waals surface area (Å²) in [6, 6.07) is 8.95. The molecule has 0 saturated heterocycles. The Morgan fingerprint density at radius 2 is 2.16 bits per heavy atom. The topological polar surface area (TPSA) is 59.4 Å². The number of carboxylic acid groups (broad SMARTS) is 1. The molecule has 0 radical (unpaired) electrons. The van der Waals surface area contributed by atoms with Gasteiger partial charge in [0, 0.05) is 21.8 Å². The molecule has 0 spiro atoms. The van der Waals surface area contributed by atoms with Crippen LogP contribution in [0.2, 0.25) is 0 Å². The van der Waals surface area contributed by atoms with Gasteiger partial charge < -0.3 is 9.84 Å². The maximum absolute atomic E-state index is 10.8. The highest BCUT2D eigenvalue weighted by Gasteiger charge is 2.10. The highest BCUT2D eigenvalue weighted by molar-refractivity contribution is 9.10. The molecule has 1 aromatic heterocycles.